The summed E-state index contributed by atoms with van der Waals surface area (Å²) in [6, 6.07) is 0. The summed E-state index contributed by atoms with van der Waals surface area (Å²) in [4.78, 5) is 0. The Balaban J connectivity index is 2.27. The maximum Gasteiger partial charge on any atom is 0.187 e. The largest absolute Gasteiger partial charge is 0.387 e. The van der Waals surface area contributed by atoms with Gasteiger partial charge in [0.25, 0.3) is 0 Å². The molecule has 0 radical (unpaired) electrons. The predicted molar refractivity (Wildman–Crippen MR) is 37.3 cm³/mol. The summed E-state index contributed by atoms with van der Waals surface area (Å²) >= 11 is 0. The van der Waals surface area contributed by atoms with Crippen LogP contribution in [0.5, 0.6) is 0 Å². The zero-order valence-corrected chi connectivity index (χ0v) is 6.67. The molecule has 3 N–H and O–H groups in total. The third kappa shape index (κ3) is 0.915. The Kier molecular flexibility index (Phi) is 1.68. The molecular formula is C7H12O5. The first-order chi connectivity index (χ1) is 5.53. The predicted octanol–water partition coefficient (Wildman–Crippen LogP) is -1.79. The molecule has 2 fully saturated rings. The van der Waals surface area contributed by atoms with Gasteiger partial charge in [-0.1, -0.05) is 0 Å². The van der Waals surface area contributed by atoms with Crippen LogP contribution in [0.25, 0.3) is 0 Å². The number of hydrogen-bond donors (Lipinski definition) is 3. The number of hydrogen-bond acceptors (Lipinski definition) is 5. The molecule has 5 heteroatoms. The van der Waals surface area contributed by atoms with Crippen molar-refractivity contribution in [1.82, 2.24) is 0 Å². The van der Waals surface area contributed by atoms with E-state index in [0.29, 0.717) is 0 Å². The van der Waals surface area contributed by atoms with Gasteiger partial charge in [0.1, 0.15) is 23.9 Å². The van der Waals surface area contributed by atoms with Crippen LogP contribution in [0, 0.1) is 0 Å². The highest BCUT2D eigenvalue weighted by atomic mass is 16.7. The Bertz CT molecular complexity index is 174. The fourth-order valence-electron chi connectivity index (χ4n) is 1.60. The van der Waals surface area contributed by atoms with Gasteiger partial charge in [-0.05, 0) is 6.92 Å². The number of aliphatic hydroxyl groups excluding tert-OH is 2. The van der Waals surface area contributed by atoms with Crippen LogP contribution in [0.3, 0.4) is 0 Å². The third-order valence-corrected chi connectivity index (χ3v) is 2.54. The van der Waals surface area contributed by atoms with Crippen molar-refractivity contribution < 1.29 is 24.8 Å². The van der Waals surface area contributed by atoms with Crippen LogP contribution in [-0.4, -0.2) is 52.1 Å². The van der Waals surface area contributed by atoms with Crippen LogP contribution in [-0.2, 0) is 9.47 Å². The minimum absolute atomic E-state index is 0.221. The molecule has 5 atom stereocenters. The fourth-order valence-corrected chi connectivity index (χ4v) is 1.60. The van der Waals surface area contributed by atoms with Crippen molar-refractivity contribution >= 4 is 0 Å². The second-order valence-corrected chi connectivity index (χ2v) is 3.49. The molecule has 0 saturated carbocycles. The van der Waals surface area contributed by atoms with E-state index in [-0.39, 0.29) is 6.61 Å². The molecule has 5 nitrogen and oxygen atoms in total. The van der Waals surface area contributed by atoms with Gasteiger partial charge >= 0.3 is 0 Å². The van der Waals surface area contributed by atoms with E-state index >= 15 is 0 Å². The second kappa shape index (κ2) is 2.40. The van der Waals surface area contributed by atoms with Gasteiger partial charge in [-0.25, -0.2) is 0 Å². The molecule has 12 heavy (non-hydrogen) atoms. The lowest BCUT2D eigenvalue weighted by Crippen LogP contribution is -2.62. The third-order valence-electron chi connectivity index (χ3n) is 2.54. The van der Waals surface area contributed by atoms with E-state index in [0.717, 1.165) is 0 Å². The lowest BCUT2D eigenvalue weighted by atomic mass is 9.87. The Morgan fingerprint density at radius 1 is 1.33 bits per heavy atom. The van der Waals surface area contributed by atoms with Crippen LogP contribution in [0.15, 0.2) is 0 Å². The van der Waals surface area contributed by atoms with Crippen molar-refractivity contribution in [2.45, 2.75) is 37.1 Å². The minimum Gasteiger partial charge on any atom is -0.387 e. The summed E-state index contributed by atoms with van der Waals surface area (Å²) in [5.41, 5.74) is -1.54. The average molecular weight is 176 g/mol. The summed E-state index contributed by atoms with van der Waals surface area (Å²) in [5, 5.41) is 28.5. The maximum atomic E-state index is 9.63. The van der Waals surface area contributed by atoms with Gasteiger partial charge in [0.05, 0.1) is 6.61 Å². The van der Waals surface area contributed by atoms with E-state index < -0.39 is 30.2 Å². The zero-order valence-electron chi connectivity index (χ0n) is 6.67. The molecule has 0 aromatic heterocycles. The van der Waals surface area contributed by atoms with Gasteiger partial charge in [-0.15, -0.1) is 0 Å². The Morgan fingerprint density at radius 2 is 2.00 bits per heavy atom. The molecule has 2 rings (SSSR count). The van der Waals surface area contributed by atoms with Gasteiger partial charge in [0.15, 0.2) is 6.29 Å². The minimum atomic E-state index is -1.54. The zero-order chi connectivity index (χ0) is 8.93. The molecular weight excluding hydrogens is 164 g/mol. The number of fused-ring (bicyclic) bond motifs is 2. The van der Waals surface area contributed by atoms with Crippen molar-refractivity contribution in [3.05, 3.63) is 0 Å². The van der Waals surface area contributed by atoms with Gasteiger partial charge in [0.2, 0.25) is 0 Å². The van der Waals surface area contributed by atoms with Crippen LogP contribution in [0.1, 0.15) is 6.92 Å². The monoisotopic (exact) mass is 176 g/mol. The van der Waals surface area contributed by atoms with E-state index in [4.69, 9.17) is 9.47 Å². The van der Waals surface area contributed by atoms with E-state index in [1.807, 2.05) is 0 Å². The summed E-state index contributed by atoms with van der Waals surface area (Å²) in [7, 11) is 0. The Morgan fingerprint density at radius 3 is 2.67 bits per heavy atom. The maximum absolute atomic E-state index is 9.63. The number of ether oxygens (including phenoxy) is 2. The molecule has 2 heterocycles. The first-order valence-corrected chi connectivity index (χ1v) is 3.89. The lowest BCUT2D eigenvalue weighted by molar-refractivity contribution is -0.266. The van der Waals surface area contributed by atoms with Gasteiger partial charge in [0, 0.05) is 0 Å². The molecule has 0 spiro atoms. The van der Waals surface area contributed by atoms with Crippen LogP contribution in [0.2, 0.25) is 0 Å². The SMILES string of the molecule is C[C@]1(O)[C@H](O)[C@H]2OC[C@H](O2)[C@@H]1O. The molecule has 2 saturated heterocycles. The van der Waals surface area contributed by atoms with E-state index in [1.165, 1.54) is 6.92 Å². The normalized spacial score (nSPS) is 59.0. The van der Waals surface area contributed by atoms with Crippen LogP contribution in [0.4, 0.5) is 0 Å². The Hall–Kier alpha value is -0.200. The van der Waals surface area contributed by atoms with Crippen molar-refractivity contribution in [2.75, 3.05) is 6.61 Å². The highest BCUT2D eigenvalue weighted by Gasteiger charge is 2.55. The van der Waals surface area contributed by atoms with E-state index in [9.17, 15) is 15.3 Å². The smallest absolute Gasteiger partial charge is 0.187 e. The van der Waals surface area contributed by atoms with Gasteiger partial charge in [-0.3, -0.25) is 0 Å². The summed E-state index contributed by atoms with van der Waals surface area (Å²) in [6.45, 7) is 1.60. The highest BCUT2D eigenvalue weighted by molar-refractivity contribution is 5.01. The van der Waals surface area contributed by atoms with Crippen LogP contribution < -0.4 is 0 Å². The average Bonchev–Trinajstić information content (AvgIpc) is 2.45. The summed E-state index contributed by atoms with van der Waals surface area (Å²) in [6.07, 6.45) is -3.60. The van der Waals surface area contributed by atoms with Crippen molar-refractivity contribution in [2.24, 2.45) is 0 Å². The molecule has 0 unspecified atom stereocenters. The quantitative estimate of drug-likeness (QED) is 0.406. The first kappa shape index (κ1) is 8.40. The van der Waals surface area contributed by atoms with Crippen molar-refractivity contribution in [3.8, 4) is 0 Å². The van der Waals surface area contributed by atoms with E-state index in [1.54, 1.807) is 0 Å². The lowest BCUT2D eigenvalue weighted by Gasteiger charge is -2.40. The standard InChI is InChI=1S/C7H12O5/c1-7(10)4(8)3-2-11-6(12-3)5(7)9/h3-6,8-10H,2H2,1H3/t3-,4-,5+,6-,7+/m0/s1. The molecule has 0 amide bonds. The van der Waals surface area contributed by atoms with Crippen molar-refractivity contribution in [3.63, 3.8) is 0 Å². The molecule has 0 aromatic rings. The number of aliphatic hydroxyl groups is 3. The Labute approximate surface area is 69.5 Å². The second-order valence-electron chi connectivity index (χ2n) is 3.49. The van der Waals surface area contributed by atoms with E-state index in [2.05, 4.69) is 0 Å². The molecule has 2 aliphatic rings. The topological polar surface area (TPSA) is 79.2 Å². The molecule has 0 aromatic carbocycles. The molecule has 2 bridgehead atoms. The summed E-state index contributed by atoms with van der Waals surface area (Å²) < 4.78 is 10.1. The fraction of sp³-hybridized carbons (Fsp3) is 1.00. The molecule has 70 valence electrons. The van der Waals surface area contributed by atoms with Crippen LogP contribution >= 0.6 is 0 Å². The summed E-state index contributed by atoms with van der Waals surface area (Å²) in [5.74, 6) is 0. The highest BCUT2D eigenvalue weighted by Crippen LogP contribution is 2.34. The number of rotatable bonds is 0. The van der Waals surface area contributed by atoms with Gasteiger partial charge in [-0.2, -0.15) is 0 Å². The molecule has 2 aliphatic heterocycles. The first-order valence-electron chi connectivity index (χ1n) is 3.89. The van der Waals surface area contributed by atoms with Crippen molar-refractivity contribution in [1.29, 1.82) is 0 Å². The molecule has 0 aliphatic carbocycles. The van der Waals surface area contributed by atoms with Gasteiger partial charge < -0.3 is 24.8 Å².